The molecule has 6 heteroatoms. The first-order valence-electron chi connectivity index (χ1n) is 4.65. The number of amides is 1. The molecule has 1 aliphatic rings. The van der Waals surface area contributed by atoms with E-state index in [4.69, 9.17) is 11.5 Å². The van der Waals surface area contributed by atoms with E-state index < -0.39 is 5.91 Å². The second-order valence-corrected chi connectivity index (χ2v) is 4.15. The molecular formula is C9H13N5O. The predicted molar refractivity (Wildman–Crippen MR) is 55.4 cm³/mol. The Kier molecular flexibility index (Phi) is 2.08. The van der Waals surface area contributed by atoms with Gasteiger partial charge in [0, 0.05) is 18.6 Å². The molecule has 0 aliphatic carbocycles. The van der Waals surface area contributed by atoms with Crippen LogP contribution >= 0.6 is 0 Å². The molecule has 15 heavy (non-hydrogen) atoms. The fourth-order valence-corrected chi connectivity index (χ4v) is 1.61. The van der Waals surface area contributed by atoms with E-state index in [9.17, 15) is 4.79 Å². The van der Waals surface area contributed by atoms with Gasteiger partial charge in [-0.2, -0.15) is 0 Å². The molecule has 0 aromatic carbocycles. The molecule has 80 valence electrons. The topological polar surface area (TPSA) is 98.1 Å². The standard InChI is InChI=1S/C9H13N5O/c1-9(11)4-14(5-9)7-3-2-6(8(10)15)12-13-7/h2-3H,4-5,11H2,1H3,(H2,10,15). The summed E-state index contributed by atoms with van der Waals surface area (Å²) in [6, 6.07) is 3.29. The van der Waals surface area contributed by atoms with E-state index in [0.717, 1.165) is 18.9 Å². The summed E-state index contributed by atoms with van der Waals surface area (Å²) in [6.45, 7) is 3.48. The van der Waals surface area contributed by atoms with E-state index in [1.807, 2.05) is 11.8 Å². The van der Waals surface area contributed by atoms with E-state index >= 15 is 0 Å². The van der Waals surface area contributed by atoms with Gasteiger partial charge in [0.2, 0.25) is 0 Å². The number of nitrogens with zero attached hydrogens (tertiary/aromatic N) is 3. The fraction of sp³-hybridized carbons (Fsp3) is 0.444. The molecular weight excluding hydrogens is 194 g/mol. The second-order valence-electron chi connectivity index (χ2n) is 4.15. The summed E-state index contributed by atoms with van der Waals surface area (Å²) in [7, 11) is 0. The van der Waals surface area contributed by atoms with Crippen LogP contribution in [0.15, 0.2) is 12.1 Å². The Labute approximate surface area is 87.3 Å². The van der Waals surface area contributed by atoms with Crippen molar-refractivity contribution in [1.82, 2.24) is 10.2 Å². The van der Waals surface area contributed by atoms with Crippen LogP contribution in [0.3, 0.4) is 0 Å². The summed E-state index contributed by atoms with van der Waals surface area (Å²) >= 11 is 0. The van der Waals surface area contributed by atoms with Gasteiger partial charge in [-0.1, -0.05) is 0 Å². The Bertz CT molecular complexity index is 378. The molecule has 0 saturated carbocycles. The Hall–Kier alpha value is -1.69. The largest absolute Gasteiger partial charge is 0.364 e. The number of hydrogen-bond acceptors (Lipinski definition) is 5. The van der Waals surface area contributed by atoms with Crippen molar-refractivity contribution in [3.05, 3.63) is 17.8 Å². The van der Waals surface area contributed by atoms with Gasteiger partial charge in [-0.3, -0.25) is 4.79 Å². The Morgan fingerprint density at radius 3 is 2.53 bits per heavy atom. The van der Waals surface area contributed by atoms with Gasteiger partial charge in [0.1, 0.15) is 0 Å². The quantitative estimate of drug-likeness (QED) is 0.655. The third kappa shape index (κ3) is 1.89. The number of nitrogens with two attached hydrogens (primary N) is 2. The van der Waals surface area contributed by atoms with Crippen LogP contribution in [0.1, 0.15) is 17.4 Å². The molecule has 1 saturated heterocycles. The van der Waals surface area contributed by atoms with Crippen molar-refractivity contribution in [2.24, 2.45) is 11.5 Å². The van der Waals surface area contributed by atoms with Crippen LogP contribution in [0.5, 0.6) is 0 Å². The van der Waals surface area contributed by atoms with E-state index in [1.165, 1.54) is 0 Å². The highest BCUT2D eigenvalue weighted by Gasteiger charge is 2.35. The molecule has 0 unspecified atom stereocenters. The number of aromatic nitrogens is 2. The third-order valence-corrected chi connectivity index (χ3v) is 2.33. The highest BCUT2D eigenvalue weighted by Crippen LogP contribution is 2.22. The van der Waals surface area contributed by atoms with E-state index in [2.05, 4.69) is 10.2 Å². The molecule has 6 nitrogen and oxygen atoms in total. The maximum Gasteiger partial charge on any atom is 0.269 e. The molecule has 0 atom stereocenters. The van der Waals surface area contributed by atoms with Crippen LogP contribution in [0.4, 0.5) is 5.82 Å². The molecule has 1 amide bonds. The average molecular weight is 207 g/mol. The zero-order valence-corrected chi connectivity index (χ0v) is 8.47. The van der Waals surface area contributed by atoms with Crippen LogP contribution < -0.4 is 16.4 Å². The number of carbonyl (C=O) groups is 1. The van der Waals surface area contributed by atoms with Gasteiger partial charge < -0.3 is 16.4 Å². The molecule has 2 rings (SSSR count). The van der Waals surface area contributed by atoms with Crippen molar-refractivity contribution in [3.8, 4) is 0 Å². The summed E-state index contributed by atoms with van der Waals surface area (Å²) in [5, 5.41) is 7.63. The summed E-state index contributed by atoms with van der Waals surface area (Å²) in [5.41, 5.74) is 10.9. The second kappa shape index (κ2) is 3.16. The first-order chi connectivity index (χ1) is 6.98. The molecule has 1 aromatic heterocycles. The van der Waals surface area contributed by atoms with Crippen LogP contribution in [-0.2, 0) is 0 Å². The van der Waals surface area contributed by atoms with Gasteiger partial charge in [0.15, 0.2) is 11.5 Å². The van der Waals surface area contributed by atoms with Crippen LogP contribution in [0.25, 0.3) is 0 Å². The average Bonchev–Trinajstić information content (AvgIpc) is 2.14. The number of primary amides is 1. The van der Waals surface area contributed by atoms with E-state index in [0.29, 0.717) is 0 Å². The molecule has 2 heterocycles. The summed E-state index contributed by atoms with van der Waals surface area (Å²) in [4.78, 5) is 12.8. The minimum Gasteiger partial charge on any atom is -0.364 e. The van der Waals surface area contributed by atoms with Gasteiger partial charge in [-0.05, 0) is 19.1 Å². The molecule has 1 fully saturated rings. The summed E-state index contributed by atoms with van der Waals surface area (Å²) in [5.74, 6) is 0.157. The summed E-state index contributed by atoms with van der Waals surface area (Å²) < 4.78 is 0. The first-order valence-corrected chi connectivity index (χ1v) is 4.65. The van der Waals surface area contributed by atoms with Crippen molar-refractivity contribution in [2.75, 3.05) is 18.0 Å². The fourth-order valence-electron chi connectivity index (χ4n) is 1.61. The third-order valence-electron chi connectivity index (χ3n) is 2.33. The van der Waals surface area contributed by atoms with Crippen molar-refractivity contribution < 1.29 is 4.79 Å². The molecule has 0 spiro atoms. The minimum atomic E-state index is -0.568. The van der Waals surface area contributed by atoms with Crippen molar-refractivity contribution in [1.29, 1.82) is 0 Å². The van der Waals surface area contributed by atoms with Crippen molar-refractivity contribution >= 4 is 11.7 Å². The number of rotatable bonds is 2. The zero-order chi connectivity index (χ0) is 11.1. The minimum absolute atomic E-state index is 0.149. The van der Waals surface area contributed by atoms with Gasteiger partial charge in [-0.25, -0.2) is 0 Å². The zero-order valence-electron chi connectivity index (χ0n) is 8.47. The number of carbonyl (C=O) groups excluding carboxylic acids is 1. The van der Waals surface area contributed by atoms with Crippen molar-refractivity contribution in [3.63, 3.8) is 0 Å². The van der Waals surface area contributed by atoms with E-state index in [-0.39, 0.29) is 11.2 Å². The highest BCUT2D eigenvalue weighted by molar-refractivity contribution is 5.90. The van der Waals surface area contributed by atoms with Gasteiger partial charge in [-0.15, -0.1) is 10.2 Å². The Morgan fingerprint density at radius 1 is 1.47 bits per heavy atom. The highest BCUT2D eigenvalue weighted by atomic mass is 16.1. The normalized spacial score (nSPS) is 18.4. The van der Waals surface area contributed by atoms with Crippen LogP contribution in [-0.4, -0.2) is 34.7 Å². The van der Waals surface area contributed by atoms with Crippen LogP contribution in [0.2, 0.25) is 0 Å². The van der Waals surface area contributed by atoms with Gasteiger partial charge in [0.05, 0.1) is 0 Å². The predicted octanol–water partition coefficient (Wildman–Crippen LogP) is -0.887. The molecule has 4 N–H and O–H groups in total. The Balaban J connectivity index is 2.09. The Morgan fingerprint density at radius 2 is 2.13 bits per heavy atom. The lowest BCUT2D eigenvalue weighted by Crippen LogP contribution is -2.65. The maximum absolute atomic E-state index is 10.8. The summed E-state index contributed by atoms with van der Waals surface area (Å²) in [6.07, 6.45) is 0. The lowest BCUT2D eigenvalue weighted by atomic mass is 9.94. The first kappa shape index (κ1) is 9.85. The van der Waals surface area contributed by atoms with Crippen molar-refractivity contribution in [2.45, 2.75) is 12.5 Å². The van der Waals surface area contributed by atoms with Gasteiger partial charge in [0.25, 0.3) is 5.91 Å². The lowest BCUT2D eigenvalue weighted by Gasteiger charge is -2.45. The molecule has 1 aliphatic heterocycles. The molecule has 0 radical (unpaired) electrons. The number of anilines is 1. The SMILES string of the molecule is CC1(N)CN(c2ccc(C(N)=O)nn2)C1. The monoisotopic (exact) mass is 207 g/mol. The smallest absolute Gasteiger partial charge is 0.269 e. The molecule has 0 bridgehead atoms. The lowest BCUT2D eigenvalue weighted by molar-refractivity contribution is 0.0994. The number of hydrogen-bond donors (Lipinski definition) is 2. The van der Waals surface area contributed by atoms with Crippen LogP contribution in [0, 0.1) is 0 Å². The van der Waals surface area contributed by atoms with Gasteiger partial charge >= 0.3 is 0 Å². The molecule has 1 aromatic rings. The maximum atomic E-state index is 10.8. The van der Waals surface area contributed by atoms with E-state index in [1.54, 1.807) is 12.1 Å².